The number of likely N-dealkylation sites (N-methyl/N-ethyl adjacent to an activating group) is 1. The monoisotopic (exact) mass is 409 g/mol. The van der Waals surface area contributed by atoms with Crippen LogP contribution < -0.4 is 9.80 Å². The van der Waals surface area contributed by atoms with Gasteiger partial charge in [0.05, 0.1) is 35.5 Å². The topological polar surface area (TPSA) is 70.2 Å². The van der Waals surface area contributed by atoms with Crippen LogP contribution in [0.3, 0.4) is 0 Å². The summed E-state index contributed by atoms with van der Waals surface area (Å²) in [5.41, 5.74) is 2.00. The second-order valence-corrected chi connectivity index (χ2v) is 10.2. The molecule has 2 heterocycles. The molecule has 0 aromatic heterocycles. The van der Waals surface area contributed by atoms with Crippen molar-refractivity contribution in [2.45, 2.75) is 31.4 Å². The Labute approximate surface area is 168 Å². The molecule has 0 spiro atoms. The number of para-hydroxylation sites is 2. The third-order valence-corrected chi connectivity index (χ3v) is 7.29. The minimum absolute atomic E-state index is 0.00613. The molecule has 1 aromatic carbocycles. The molecule has 2 atom stereocenters. The molecule has 0 bridgehead atoms. The summed E-state index contributed by atoms with van der Waals surface area (Å²) < 4.78 is 29.7. The molecule has 156 valence electrons. The Balaban J connectivity index is 1.75. The van der Waals surface area contributed by atoms with Crippen molar-refractivity contribution in [3.8, 4) is 0 Å². The highest BCUT2D eigenvalue weighted by atomic mass is 32.2. The maximum atomic E-state index is 13.2. The predicted molar refractivity (Wildman–Crippen MR) is 112 cm³/mol. The molecular weight excluding hydrogens is 378 g/mol. The van der Waals surface area contributed by atoms with E-state index < -0.39 is 9.84 Å². The predicted octanol–water partition coefficient (Wildman–Crippen LogP) is 1.38. The van der Waals surface area contributed by atoms with E-state index in [1.165, 1.54) is 0 Å². The van der Waals surface area contributed by atoms with Crippen LogP contribution in [0.2, 0.25) is 0 Å². The van der Waals surface area contributed by atoms with E-state index in [9.17, 15) is 13.2 Å². The number of ether oxygens (including phenoxy) is 1. The Hall–Kier alpha value is -1.80. The second kappa shape index (κ2) is 8.69. The van der Waals surface area contributed by atoms with Crippen LogP contribution in [0.5, 0.6) is 0 Å². The number of carbonyl (C=O) groups excluding carboxylic acids is 1. The fourth-order valence-corrected chi connectivity index (χ4v) is 5.76. The average Bonchev–Trinajstić information content (AvgIpc) is 3.28. The van der Waals surface area contributed by atoms with Crippen LogP contribution in [-0.4, -0.2) is 83.7 Å². The van der Waals surface area contributed by atoms with E-state index in [1.807, 2.05) is 55.2 Å². The Kier molecular flexibility index (Phi) is 6.50. The van der Waals surface area contributed by atoms with Crippen molar-refractivity contribution in [2.24, 2.45) is 0 Å². The Bertz CT molecular complexity index is 790. The number of rotatable bonds is 7. The van der Waals surface area contributed by atoms with E-state index in [0.29, 0.717) is 19.6 Å². The molecule has 0 saturated carbocycles. The van der Waals surface area contributed by atoms with E-state index >= 15 is 0 Å². The zero-order valence-corrected chi connectivity index (χ0v) is 17.8. The summed E-state index contributed by atoms with van der Waals surface area (Å²) in [5, 5.41) is 0. The van der Waals surface area contributed by atoms with Gasteiger partial charge in [0, 0.05) is 40.3 Å². The summed E-state index contributed by atoms with van der Waals surface area (Å²) in [6, 6.07) is 7.69. The molecule has 1 amide bonds. The largest absolute Gasteiger partial charge is 0.376 e. The highest BCUT2D eigenvalue weighted by Gasteiger charge is 2.36. The van der Waals surface area contributed by atoms with Crippen molar-refractivity contribution in [3.63, 3.8) is 0 Å². The molecule has 7 nitrogen and oxygen atoms in total. The van der Waals surface area contributed by atoms with Crippen LogP contribution in [0.25, 0.3) is 0 Å². The number of nitrogens with zero attached hydrogens (tertiary/aromatic N) is 3. The third kappa shape index (κ3) is 4.97. The summed E-state index contributed by atoms with van der Waals surface area (Å²) >= 11 is 0. The molecule has 0 N–H and O–H groups in total. The Morgan fingerprint density at radius 3 is 2.43 bits per heavy atom. The van der Waals surface area contributed by atoms with Crippen molar-refractivity contribution in [1.29, 1.82) is 0 Å². The lowest BCUT2D eigenvalue weighted by molar-refractivity contribution is -0.133. The zero-order valence-electron chi connectivity index (χ0n) is 17.0. The SMILES string of the molecule is CN(C)c1ccccc1N(C)CC(=O)N(C[C@H]1CCCO1)[C@@H]1CCS(=O)(=O)C1. The van der Waals surface area contributed by atoms with Crippen molar-refractivity contribution < 1.29 is 17.9 Å². The first kappa shape index (κ1) is 20.9. The number of hydrogen-bond donors (Lipinski definition) is 0. The summed E-state index contributed by atoms with van der Waals surface area (Å²) in [6.45, 7) is 1.39. The lowest BCUT2D eigenvalue weighted by Gasteiger charge is -2.33. The number of sulfone groups is 1. The Morgan fingerprint density at radius 2 is 1.86 bits per heavy atom. The lowest BCUT2D eigenvalue weighted by atomic mass is 10.1. The zero-order chi connectivity index (χ0) is 20.3. The van der Waals surface area contributed by atoms with E-state index in [-0.39, 0.29) is 36.1 Å². The van der Waals surface area contributed by atoms with Crippen LogP contribution >= 0.6 is 0 Å². The smallest absolute Gasteiger partial charge is 0.242 e. The molecular formula is C20H31N3O4S. The first-order valence-electron chi connectivity index (χ1n) is 9.86. The maximum Gasteiger partial charge on any atom is 0.242 e. The van der Waals surface area contributed by atoms with Crippen LogP contribution in [0.1, 0.15) is 19.3 Å². The molecule has 2 fully saturated rings. The van der Waals surface area contributed by atoms with Gasteiger partial charge in [-0.05, 0) is 31.4 Å². The van der Waals surface area contributed by atoms with Gasteiger partial charge in [-0.25, -0.2) is 8.42 Å². The van der Waals surface area contributed by atoms with E-state index in [2.05, 4.69) is 0 Å². The molecule has 2 aliphatic heterocycles. The van der Waals surface area contributed by atoms with Crippen molar-refractivity contribution >= 4 is 27.1 Å². The van der Waals surface area contributed by atoms with Crippen molar-refractivity contribution in [1.82, 2.24) is 4.90 Å². The van der Waals surface area contributed by atoms with Gasteiger partial charge in [-0.3, -0.25) is 4.79 Å². The quantitative estimate of drug-likeness (QED) is 0.678. The molecule has 0 radical (unpaired) electrons. The number of anilines is 2. The minimum atomic E-state index is -3.06. The molecule has 8 heteroatoms. The van der Waals surface area contributed by atoms with Gasteiger partial charge in [0.1, 0.15) is 0 Å². The molecule has 2 saturated heterocycles. The summed E-state index contributed by atoms with van der Waals surface area (Å²) in [5.74, 6) is 0.170. The molecule has 0 aliphatic carbocycles. The highest BCUT2D eigenvalue weighted by molar-refractivity contribution is 7.91. The Morgan fingerprint density at radius 1 is 1.14 bits per heavy atom. The maximum absolute atomic E-state index is 13.2. The first-order chi connectivity index (χ1) is 13.3. The van der Waals surface area contributed by atoms with Gasteiger partial charge in [-0.2, -0.15) is 0 Å². The number of benzene rings is 1. The summed E-state index contributed by atoms with van der Waals surface area (Å²) in [7, 11) is 2.79. The molecule has 1 aromatic rings. The number of carbonyl (C=O) groups is 1. The van der Waals surface area contributed by atoms with Gasteiger partial charge >= 0.3 is 0 Å². The first-order valence-corrected chi connectivity index (χ1v) is 11.7. The molecule has 3 rings (SSSR count). The van der Waals surface area contributed by atoms with E-state index in [0.717, 1.165) is 24.2 Å². The van der Waals surface area contributed by atoms with E-state index in [4.69, 9.17) is 4.74 Å². The standard InChI is InChI=1S/C20H31N3O4S/c1-21(2)18-8-4-5-9-19(18)22(3)14-20(24)23(13-17-7-6-11-27-17)16-10-12-28(25,26)15-16/h4-5,8-9,16-17H,6-7,10-15H2,1-3H3/t16-,17-/m1/s1. The summed E-state index contributed by atoms with van der Waals surface area (Å²) in [4.78, 5) is 18.9. The van der Waals surface area contributed by atoms with Gasteiger partial charge in [0.15, 0.2) is 9.84 Å². The minimum Gasteiger partial charge on any atom is -0.376 e. The number of amides is 1. The molecule has 28 heavy (non-hydrogen) atoms. The van der Waals surface area contributed by atoms with Crippen molar-refractivity contribution in [2.75, 3.05) is 62.1 Å². The lowest BCUT2D eigenvalue weighted by Crippen LogP contribution is -2.48. The molecule has 2 aliphatic rings. The van der Waals surface area contributed by atoms with Gasteiger partial charge in [-0.1, -0.05) is 12.1 Å². The van der Waals surface area contributed by atoms with Crippen LogP contribution in [0, 0.1) is 0 Å². The fourth-order valence-electron chi connectivity index (χ4n) is 4.03. The average molecular weight is 410 g/mol. The summed E-state index contributed by atoms with van der Waals surface area (Å²) in [6.07, 6.45) is 2.43. The van der Waals surface area contributed by atoms with Gasteiger partial charge in [0.25, 0.3) is 0 Å². The molecule has 0 unspecified atom stereocenters. The fraction of sp³-hybridized carbons (Fsp3) is 0.650. The normalized spacial score (nSPS) is 23.5. The second-order valence-electron chi connectivity index (χ2n) is 7.98. The van der Waals surface area contributed by atoms with Crippen LogP contribution in [0.15, 0.2) is 24.3 Å². The van der Waals surface area contributed by atoms with Crippen LogP contribution in [0.4, 0.5) is 11.4 Å². The van der Waals surface area contributed by atoms with Crippen LogP contribution in [-0.2, 0) is 19.4 Å². The third-order valence-electron chi connectivity index (χ3n) is 5.54. The van der Waals surface area contributed by atoms with Gasteiger partial charge in [-0.15, -0.1) is 0 Å². The van der Waals surface area contributed by atoms with Gasteiger partial charge in [0.2, 0.25) is 5.91 Å². The van der Waals surface area contributed by atoms with Gasteiger partial charge < -0.3 is 19.4 Å². The van der Waals surface area contributed by atoms with Crippen molar-refractivity contribution in [3.05, 3.63) is 24.3 Å². The highest BCUT2D eigenvalue weighted by Crippen LogP contribution is 2.27. The van der Waals surface area contributed by atoms with E-state index in [1.54, 1.807) is 4.90 Å². The number of hydrogen-bond acceptors (Lipinski definition) is 6.